The molecule has 0 aromatic carbocycles. The van der Waals surface area contributed by atoms with E-state index in [0.29, 0.717) is 6.42 Å². The Labute approximate surface area is 165 Å². The minimum Gasteiger partial charge on any atom is -0.375 e. The normalized spacial score (nSPS) is 23.9. The highest BCUT2D eigenvalue weighted by atomic mass is 19.2. The van der Waals surface area contributed by atoms with Crippen LogP contribution in [0, 0.1) is 11.8 Å². The average molecular weight is 386 g/mol. The summed E-state index contributed by atoms with van der Waals surface area (Å²) in [4.78, 5) is 8.22. The summed E-state index contributed by atoms with van der Waals surface area (Å²) in [5.74, 6) is -1.89. The number of unbranched alkanes of at least 4 members (excludes halogenated alkanes) is 1. The number of nitrogens with zero attached hydrogens (tertiary/aromatic N) is 2. The summed E-state index contributed by atoms with van der Waals surface area (Å²) in [7, 11) is 0. The lowest BCUT2D eigenvalue weighted by Gasteiger charge is -2.46. The quantitative estimate of drug-likeness (QED) is 0.484. The highest BCUT2D eigenvalue weighted by Gasteiger charge is 2.48. The number of aromatic nitrogens is 2. The summed E-state index contributed by atoms with van der Waals surface area (Å²) < 4.78 is 32.7. The first-order valence-electron chi connectivity index (χ1n) is 10.5. The molecule has 5 heteroatoms. The Kier molecular flexibility index (Phi) is 5.72. The summed E-state index contributed by atoms with van der Waals surface area (Å²) in [5, 5.41) is 0. The van der Waals surface area contributed by atoms with Crippen LogP contribution in [0.1, 0.15) is 69.0 Å². The van der Waals surface area contributed by atoms with E-state index in [2.05, 4.69) is 17.1 Å². The summed E-state index contributed by atoms with van der Waals surface area (Å²) in [6.07, 6.45) is 13.9. The van der Waals surface area contributed by atoms with E-state index in [1.165, 1.54) is 30.8 Å². The van der Waals surface area contributed by atoms with Crippen molar-refractivity contribution >= 4 is 0 Å². The van der Waals surface area contributed by atoms with Crippen LogP contribution in [0.2, 0.25) is 0 Å². The van der Waals surface area contributed by atoms with Crippen molar-refractivity contribution in [3.8, 4) is 0 Å². The van der Waals surface area contributed by atoms with Crippen LogP contribution in [-0.4, -0.2) is 22.2 Å². The molecule has 2 aromatic heterocycles. The highest BCUT2D eigenvalue weighted by molar-refractivity contribution is 5.20. The molecule has 3 nitrogen and oxygen atoms in total. The third kappa shape index (κ3) is 4.09. The van der Waals surface area contributed by atoms with Gasteiger partial charge in [-0.05, 0) is 68.7 Å². The van der Waals surface area contributed by atoms with Gasteiger partial charge in [0.15, 0.2) is 5.82 Å². The van der Waals surface area contributed by atoms with E-state index in [1.807, 2.05) is 12.3 Å². The van der Waals surface area contributed by atoms with Crippen molar-refractivity contribution in [1.82, 2.24) is 9.97 Å². The maximum atomic E-state index is 13.4. The standard InChI is InChI=1S/C23H28F2N2O/c24-19-15-18(16-27-21(19)25)7-1-3-9-22(20-8-2-6-13-26-20)12-14-28-23(17-22)10-4-5-11-23/h2,6,8,13,15-16H,1,3-5,7,9-12,14,17H2/t22-/m1/s1. The molecule has 3 heterocycles. The Bertz CT molecular complexity index is 792. The van der Waals surface area contributed by atoms with Gasteiger partial charge in [-0.3, -0.25) is 4.98 Å². The van der Waals surface area contributed by atoms with Gasteiger partial charge in [0, 0.05) is 30.1 Å². The third-order valence-electron chi connectivity index (χ3n) is 6.60. The lowest BCUT2D eigenvalue weighted by molar-refractivity contribution is -0.104. The molecule has 4 rings (SSSR count). The van der Waals surface area contributed by atoms with Gasteiger partial charge in [-0.1, -0.05) is 25.3 Å². The topological polar surface area (TPSA) is 35.0 Å². The Morgan fingerprint density at radius 1 is 1.04 bits per heavy atom. The van der Waals surface area contributed by atoms with Gasteiger partial charge in [-0.2, -0.15) is 4.39 Å². The van der Waals surface area contributed by atoms with Crippen molar-refractivity contribution in [3.05, 3.63) is 59.7 Å². The van der Waals surface area contributed by atoms with Crippen molar-refractivity contribution in [1.29, 1.82) is 0 Å². The molecule has 0 unspecified atom stereocenters. The van der Waals surface area contributed by atoms with Crippen LogP contribution in [-0.2, 0) is 16.6 Å². The van der Waals surface area contributed by atoms with Gasteiger partial charge in [0.25, 0.3) is 0 Å². The first kappa shape index (κ1) is 19.4. The van der Waals surface area contributed by atoms with Crippen LogP contribution in [0.3, 0.4) is 0 Å². The molecule has 28 heavy (non-hydrogen) atoms. The molecule has 1 aliphatic heterocycles. The number of aryl methyl sites for hydroxylation is 1. The second-order valence-corrected chi connectivity index (χ2v) is 8.48. The van der Waals surface area contributed by atoms with E-state index >= 15 is 0 Å². The molecule has 0 amide bonds. The molecule has 2 fully saturated rings. The molecule has 150 valence electrons. The molecule has 0 bridgehead atoms. The molecule has 1 saturated heterocycles. The molecule has 1 spiro atoms. The number of rotatable bonds is 6. The summed E-state index contributed by atoms with van der Waals surface area (Å²) >= 11 is 0. The Balaban J connectivity index is 1.45. The van der Waals surface area contributed by atoms with E-state index in [0.717, 1.165) is 57.1 Å². The molecule has 2 aromatic rings. The fraction of sp³-hybridized carbons (Fsp3) is 0.565. The fourth-order valence-electron chi connectivity index (χ4n) is 5.19. The molecule has 1 saturated carbocycles. The second-order valence-electron chi connectivity index (χ2n) is 8.48. The molecule has 1 aliphatic carbocycles. The predicted molar refractivity (Wildman–Crippen MR) is 104 cm³/mol. The Morgan fingerprint density at radius 2 is 1.89 bits per heavy atom. The number of ether oxygens (including phenoxy) is 1. The zero-order valence-corrected chi connectivity index (χ0v) is 16.3. The van der Waals surface area contributed by atoms with Crippen LogP contribution in [0.5, 0.6) is 0 Å². The van der Waals surface area contributed by atoms with Gasteiger partial charge in [-0.15, -0.1) is 0 Å². The van der Waals surface area contributed by atoms with Crippen LogP contribution >= 0.6 is 0 Å². The van der Waals surface area contributed by atoms with Crippen molar-refractivity contribution < 1.29 is 13.5 Å². The molecule has 0 radical (unpaired) electrons. The largest absolute Gasteiger partial charge is 0.375 e. The number of halogens is 2. The minimum atomic E-state index is -1.03. The predicted octanol–water partition coefficient (Wildman–Crippen LogP) is 5.53. The van der Waals surface area contributed by atoms with Gasteiger partial charge < -0.3 is 4.74 Å². The number of pyridine rings is 2. The summed E-state index contributed by atoms with van der Waals surface area (Å²) in [6.45, 7) is 0.795. The SMILES string of the molecule is Fc1cc(CCCC[C@@]2(c3ccccn3)CCOC3(CCCC3)C2)cnc1F. The Hall–Kier alpha value is -1.88. The van der Waals surface area contributed by atoms with Crippen LogP contribution in [0.4, 0.5) is 8.78 Å². The van der Waals surface area contributed by atoms with E-state index in [4.69, 9.17) is 9.72 Å². The maximum absolute atomic E-state index is 13.4. The van der Waals surface area contributed by atoms with Crippen molar-refractivity contribution in [3.63, 3.8) is 0 Å². The van der Waals surface area contributed by atoms with E-state index in [9.17, 15) is 8.78 Å². The van der Waals surface area contributed by atoms with Crippen LogP contribution in [0.15, 0.2) is 36.7 Å². The first-order chi connectivity index (χ1) is 13.6. The molecule has 0 N–H and O–H groups in total. The van der Waals surface area contributed by atoms with E-state index in [-0.39, 0.29) is 11.0 Å². The first-order valence-corrected chi connectivity index (χ1v) is 10.5. The minimum absolute atomic E-state index is 0.0276. The average Bonchev–Trinajstić information content (AvgIpc) is 3.16. The van der Waals surface area contributed by atoms with E-state index < -0.39 is 11.8 Å². The van der Waals surface area contributed by atoms with Gasteiger partial charge >= 0.3 is 0 Å². The van der Waals surface area contributed by atoms with Gasteiger partial charge in [0.2, 0.25) is 5.95 Å². The second kappa shape index (κ2) is 8.24. The van der Waals surface area contributed by atoms with Crippen molar-refractivity contribution in [2.75, 3.05) is 6.61 Å². The lowest BCUT2D eigenvalue weighted by Crippen LogP contribution is -2.46. The number of hydrogen-bond donors (Lipinski definition) is 0. The van der Waals surface area contributed by atoms with E-state index in [1.54, 1.807) is 0 Å². The smallest absolute Gasteiger partial charge is 0.248 e. The lowest BCUT2D eigenvalue weighted by atomic mass is 9.67. The highest BCUT2D eigenvalue weighted by Crippen LogP contribution is 2.50. The number of hydrogen-bond acceptors (Lipinski definition) is 3. The van der Waals surface area contributed by atoms with Gasteiger partial charge in [-0.25, -0.2) is 9.37 Å². The van der Waals surface area contributed by atoms with Gasteiger partial charge in [0.1, 0.15) is 0 Å². The summed E-state index contributed by atoms with van der Waals surface area (Å²) in [6, 6.07) is 7.47. The molecule has 2 aliphatic rings. The molecule has 1 atom stereocenters. The van der Waals surface area contributed by atoms with Crippen LogP contribution in [0.25, 0.3) is 0 Å². The molecular weight excluding hydrogens is 358 g/mol. The Morgan fingerprint density at radius 3 is 2.64 bits per heavy atom. The third-order valence-corrected chi connectivity index (χ3v) is 6.60. The fourth-order valence-corrected chi connectivity index (χ4v) is 5.19. The van der Waals surface area contributed by atoms with Crippen LogP contribution < -0.4 is 0 Å². The van der Waals surface area contributed by atoms with Crippen molar-refractivity contribution in [2.45, 2.75) is 75.2 Å². The van der Waals surface area contributed by atoms with Gasteiger partial charge in [0.05, 0.1) is 5.60 Å². The monoisotopic (exact) mass is 386 g/mol. The zero-order valence-electron chi connectivity index (χ0n) is 16.3. The molecular formula is C23H28F2N2O. The van der Waals surface area contributed by atoms with Crippen molar-refractivity contribution in [2.24, 2.45) is 0 Å². The maximum Gasteiger partial charge on any atom is 0.248 e. The zero-order chi connectivity index (χ0) is 19.5. The summed E-state index contributed by atoms with van der Waals surface area (Å²) in [5.41, 5.74) is 2.01.